The summed E-state index contributed by atoms with van der Waals surface area (Å²) in [6, 6.07) is 1.81. The summed E-state index contributed by atoms with van der Waals surface area (Å²) >= 11 is 11.0. The molecule has 0 aromatic heterocycles. The zero-order chi connectivity index (χ0) is 19.1. The number of halogens is 2. The predicted octanol–water partition coefficient (Wildman–Crippen LogP) is -1.05. The Morgan fingerprint density at radius 3 is 1.28 bits per heavy atom. The van der Waals surface area contributed by atoms with Gasteiger partial charge in [0, 0.05) is 11.1 Å². The summed E-state index contributed by atoms with van der Waals surface area (Å²) in [6.45, 7) is 6.53. The minimum Gasteiger partial charge on any atom is -0.545 e. The first kappa shape index (κ1) is 28.4. The molecule has 0 radical (unpaired) electrons. The van der Waals surface area contributed by atoms with Crippen LogP contribution in [0.1, 0.15) is 60.2 Å². The zero-order valence-corrected chi connectivity index (χ0v) is 16.2. The van der Waals surface area contributed by atoms with Gasteiger partial charge in [-0.1, -0.05) is 49.9 Å². The number of unbranched alkanes of at least 4 members (excludes halogenated alkanes) is 2. The molecule has 0 atom stereocenters. The highest BCUT2D eigenvalue weighted by molar-refractivity contribution is 6.42. The number of carbonyl (C=O) groups is 2. The van der Waals surface area contributed by atoms with E-state index in [2.05, 4.69) is 25.3 Å². The molecule has 25 heavy (non-hydrogen) atoms. The number of carboxylic acids is 2. The minimum absolute atomic E-state index is 0. The van der Waals surface area contributed by atoms with Crippen LogP contribution in [-0.4, -0.2) is 30.5 Å². The van der Waals surface area contributed by atoms with Crippen LogP contribution in [0.15, 0.2) is 12.1 Å². The summed E-state index contributed by atoms with van der Waals surface area (Å²) in [5.74, 6) is -3.30. The van der Waals surface area contributed by atoms with Crippen LogP contribution in [0.3, 0.4) is 0 Å². The summed E-state index contributed by atoms with van der Waals surface area (Å²) < 4.78 is 0. The van der Waals surface area contributed by atoms with Crippen molar-refractivity contribution in [3.63, 3.8) is 0 Å². The van der Waals surface area contributed by atoms with E-state index in [9.17, 15) is 19.8 Å². The van der Waals surface area contributed by atoms with Crippen LogP contribution < -0.4 is 21.7 Å². The van der Waals surface area contributed by atoms with E-state index < -0.39 is 23.1 Å². The maximum atomic E-state index is 10.5. The fraction of sp³-hybridized carbons (Fsp3) is 0.500. The molecule has 7 nitrogen and oxygen atoms in total. The van der Waals surface area contributed by atoms with E-state index >= 15 is 0 Å². The van der Waals surface area contributed by atoms with Crippen LogP contribution in [-0.2, 0) is 0 Å². The average Bonchev–Trinajstić information content (AvgIpc) is 2.52. The third-order valence-corrected chi connectivity index (χ3v) is 3.43. The Labute approximate surface area is 158 Å². The van der Waals surface area contributed by atoms with Gasteiger partial charge in [0.2, 0.25) is 0 Å². The lowest BCUT2D eigenvalue weighted by Crippen LogP contribution is -2.49. The maximum absolute atomic E-state index is 10.5. The summed E-state index contributed by atoms with van der Waals surface area (Å²) in [4.78, 5) is 21.0. The number of hydrogen-bond acceptors (Lipinski definition) is 4. The topological polar surface area (TPSA) is 167 Å². The van der Waals surface area contributed by atoms with Gasteiger partial charge >= 0.3 is 0 Å². The van der Waals surface area contributed by atoms with Crippen LogP contribution in [0.25, 0.3) is 0 Å². The van der Waals surface area contributed by atoms with Crippen molar-refractivity contribution in [2.75, 3.05) is 13.1 Å². The number of aromatic carboxylic acids is 2. The summed E-state index contributed by atoms with van der Waals surface area (Å²) in [5.41, 5.74) is 6.24. The molecule has 0 aliphatic carbocycles. The lowest BCUT2D eigenvalue weighted by atomic mass is 10.1. The first-order valence-corrected chi connectivity index (χ1v) is 8.52. The normalized spacial score (nSPS) is 8.88. The monoisotopic (exact) mass is 398 g/mol. The molecule has 8 N–H and O–H groups in total. The van der Waals surface area contributed by atoms with Gasteiger partial charge in [-0.15, -0.1) is 0 Å². The molecule has 0 amide bonds. The van der Waals surface area contributed by atoms with Crippen molar-refractivity contribution < 1.29 is 36.7 Å². The van der Waals surface area contributed by atoms with E-state index in [0.717, 1.165) is 25.2 Å². The largest absolute Gasteiger partial charge is 0.545 e. The van der Waals surface area contributed by atoms with Crippen molar-refractivity contribution in [1.29, 1.82) is 0 Å². The molecular weight excluding hydrogens is 371 g/mol. The SMILES string of the molecule is CCCC[NH3+].CCCC[NH3+].O.O=C([O-])c1cc(Cl)c(Cl)cc1C(=O)[O-]. The Morgan fingerprint density at radius 2 is 1.16 bits per heavy atom. The van der Waals surface area contributed by atoms with Gasteiger partial charge in [-0.05, 0) is 25.0 Å². The molecule has 0 aliphatic rings. The van der Waals surface area contributed by atoms with E-state index in [0.29, 0.717) is 0 Å². The molecule has 0 heterocycles. The van der Waals surface area contributed by atoms with Crippen molar-refractivity contribution in [2.24, 2.45) is 0 Å². The van der Waals surface area contributed by atoms with Gasteiger partial charge in [0.1, 0.15) is 0 Å². The Bertz CT molecular complexity index is 465. The van der Waals surface area contributed by atoms with Gasteiger partial charge in [0.05, 0.1) is 35.1 Å². The van der Waals surface area contributed by atoms with Gasteiger partial charge in [-0.25, -0.2) is 0 Å². The van der Waals surface area contributed by atoms with Gasteiger partial charge in [0.25, 0.3) is 0 Å². The molecule has 0 saturated heterocycles. The van der Waals surface area contributed by atoms with Crippen molar-refractivity contribution in [1.82, 2.24) is 0 Å². The lowest BCUT2D eigenvalue weighted by Gasteiger charge is -2.12. The fourth-order valence-electron chi connectivity index (χ4n) is 1.38. The molecule has 0 spiro atoms. The molecule has 9 heteroatoms. The molecule has 0 saturated carbocycles. The first-order valence-electron chi connectivity index (χ1n) is 7.76. The van der Waals surface area contributed by atoms with E-state index in [1.54, 1.807) is 0 Å². The maximum Gasteiger partial charge on any atom is 0.0739 e. The second-order valence-corrected chi connectivity index (χ2v) is 5.62. The number of carbonyl (C=O) groups excluding carboxylic acids is 2. The van der Waals surface area contributed by atoms with Crippen LogP contribution in [0, 0.1) is 0 Å². The van der Waals surface area contributed by atoms with Crippen LogP contribution >= 0.6 is 23.2 Å². The standard InChI is InChI=1S/C8H4Cl2O4.2C4H11N.H2O/c9-5-1-3(7(11)12)4(8(13)14)2-6(5)10;2*1-2-3-4-5;/h1-2H,(H,11,12)(H,13,14);2*2-5H2,1H3;1H2. The van der Waals surface area contributed by atoms with Crippen LogP contribution in [0.5, 0.6) is 0 Å². The van der Waals surface area contributed by atoms with E-state index in [1.807, 2.05) is 0 Å². The Kier molecular flexibility index (Phi) is 19.8. The second kappa shape index (κ2) is 17.4. The molecular formula is C16H28Cl2N2O5. The average molecular weight is 399 g/mol. The second-order valence-electron chi connectivity index (χ2n) is 4.80. The molecule has 146 valence electrons. The van der Waals surface area contributed by atoms with Crippen molar-refractivity contribution >= 4 is 35.1 Å². The molecule has 1 aromatic carbocycles. The smallest absolute Gasteiger partial charge is 0.0739 e. The van der Waals surface area contributed by atoms with Crippen molar-refractivity contribution in [3.05, 3.63) is 33.3 Å². The van der Waals surface area contributed by atoms with Gasteiger partial charge < -0.3 is 36.7 Å². The molecule has 0 unspecified atom stereocenters. The summed E-state index contributed by atoms with van der Waals surface area (Å²) in [7, 11) is 0. The third kappa shape index (κ3) is 13.6. The quantitative estimate of drug-likeness (QED) is 0.623. The lowest BCUT2D eigenvalue weighted by molar-refractivity contribution is -0.368. The van der Waals surface area contributed by atoms with Crippen LogP contribution in [0.2, 0.25) is 10.0 Å². The summed E-state index contributed by atoms with van der Waals surface area (Å²) in [5, 5.41) is 20.9. The third-order valence-electron chi connectivity index (χ3n) is 2.71. The molecule has 0 bridgehead atoms. The number of rotatable bonds is 6. The van der Waals surface area contributed by atoms with E-state index in [4.69, 9.17) is 23.2 Å². The van der Waals surface area contributed by atoms with Crippen molar-refractivity contribution in [2.45, 2.75) is 39.5 Å². The highest BCUT2D eigenvalue weighted by Crippen LogP contribution is 2.25. The first-order chi connectivity index (χ1) is 11.3. The predicted molar refractivity (Wildman–Crippen MR) is 94.1 cm³/mol. The van der Waals surface area contributed by atoms with E-state index in [-0.39, 0.29) is 15.5 Å². The molecule has 0 aliphatic heterocycles. The molecule has 1 aromatic rings. The Morgan fingerprint density at radius 1 is 0.880 bits per heavy atom. The Hall–Kier alpha value is -1.38. The van der Waals surface area contributed by atoms with Gasteiger partial charge in [0.15, 0.2) is 0 Å². The molecule has 0 fully saturated rings. The number of benzene rings is 1. The zero-order valence-electron chi connectivity index (χ0n) is 14.7. The highest BCUT2D eigenvalue weighted by atomic mass is 35.5. The Balaban J connectivity index is -0.000000368. The van der Waals surface area contributed by atoms with Gasteiger partial charge in [-0.3, -0.25) is 0 Å². The summed E-state index contributed by atoms with van der Waals surface area (Å²) in [6.07, 6.45) is 5.12. The fourth-order valence-corrected chi connectivity index (χ4v) is 1.71. The van der Waals surface area contributed by atoms with Crippen molar-refractivity contribution in [3.8, 4) is 0 Å². The number of quaternary nitrogens is 2. The highest BCUT2D eigenvalue weighted by Gasteiger charge is 2.08. The number of carboxylic acid groups (broad SMARTS) is 2. The van der Waals surface area contributed by atoms with Gasteiger partial charge in [-0.2, -0.15) is 0 Å². The van der Waals surface area contributed by atoms with Crippen LogP contribution in [0.4, 0.5) is 0 Å². The number of hydrogen-bond donors (Lipinski definition) is 2. The van der Waals surface area contributed by atoms with E-state index in [1.165, 1.54) is 25.7 Å². The minimum atomic E-state index is -1.65. The molecule has 1 rings (SSSR count).